The van der Waals surface area contributed by atoms with Crippen molar-refractivity contribution in [2.24, 2.45) is 29.6 Å². The number of hydrogen-bond donors (Lipinski definition) is 1. The Morgan fingerprint density at radius 2 is 1.64 bits per heavy atom. The van der Waals surface area contributed by atoms with Gasteiger partial charge in [-0.25, -0.2) is 0 Å². The molecule has 0 bridgehead atoms. The molecule has 0 heterocycles. The molecule has 2 nitrogen and oxygen atoms in total. The second kappa shape index (κ2) is 13.4. The van der Waals surface area contributed by atoms with Crippen LogP contribution in [0.4, 0.5) is 0 Å². The molecule has 0 amide bonds. The maximum absolute atomic E-state index is 4.02. The average Bonchev–Trinajstić information content (AvgIpc) is 3.69. The topological polar surface area (TPSA) is 15.3 Å². The van der Waals surface area contributed by atoms with E-state index in [1.165, 1.54) is 102 Å². The van der Waals surface area contributed by atoms with Gasteiger partial charge in [-0.3, -0.25) is 4.90 Å². The van der Waals surface area contributed by atoms with Crippen LogP contribution in [0.2, 0.25) is 0 Å². The van der Waals surface area contributed by atoms with E-state index in [-0.39, 0.29) is 5.41 Å². The van der Waals surface area contributed by atoms with Gasteiger partial charge < -0.3 is 5.32 Å². The lowest BCUT2D eigenvalue weighted by molar-refractivity contribution is 0.0206. The quantitative estimate of drug-likeness (QED) is 0.308. The SMILES string of the molecule is C1=CC2C3C(N(C4C=CC5=C(C4)C4=C(CCCC4)CC5)C4CCCCC4)CC=CC3C3(c4ccccc4C4C=CC(NC5=CCCC=C5)CC43)C2C=C1. The Morgan fingerprint density at radius 1 is 0.736 bits per heavy atom. The van der Waals surface area contributed by atoms with Crippen molar-refractivity contribution in [3.63, 3.8) is 0 Å². The van der Waals surface area contributed by atoms with Gasteiger partial charge in [0.25, 0.3) is 0 Å². The summed E-state index contributed by atoms with van der Waals surface area (Å²) in [5.41, 5.74) is 11.8. The Kier molecular flexibility index (Phi) is 8.37. The Bertz CT molecular complexity index is 1900. The second-order valence-corrected chi connectivity index (χ2v) is 18.5. The molecule has 11 rings (SSSR count). The summed E-state index contributed by atoms with van der Waals surface area (Å²) in [5, 5.41) is 4.02. The smallest absolute Gasteiger partial charge is 0.0447 e. The minimum absolute atomic E-state index is 0.107. The van der Waals surface area contributed by atoms with Crippen molar-refractivity contribution in [1.82, 2.24) is 10.2 Å². The number of rotatable bonds is 5. The van der Waals surface area contributed by atoms with Crippen LogP contribution in [0.5, 0.6) is 0 Å². The fourth-order valence-electron chi connectivity index (χ4n) is 14.4. The molecule has 2 saturated carbocycles. The van der Waals surface area contributed by atoms with Crippen LogP contribution in [0.1, 0.15) is 120 Å². The summed E-state index contributed by atoms with van der Waals surface area (Å²) < 4.78 is 0. The molecule has 10 aliphatic rings. The number of fused-ring (bicyclic) bond motifs is 11. The highest BCUT2D eigenvalue weighted by atomic mass is 15.2. The van der Waals surface area contributed by atoms with Crippen LogP contribution in [0, 0.1) is 29.6 Å². The molecular weight excluding hydrogens is 641 g/mol. The zero-order chi connectivity index (χ0) is 34.9. The Labute approximate surface area is 319 Å². The van der Waals surface area contributed by atoms with Crippen LogP contribution >= 0.6 is 0 Å². The van der Waals surface area contributed by atoms with Crippen molar-refractivity contribution in [2.45, 2.75) is 138 Å². The van der Waals surface area contributed by atoms with Crippen molar-refractivity contribution >= 4 is 0 Å². The summed E-state index contributed by atoms with van der Waals surface area (Å²) in [5.74, 6) is 3.35. The third kappa shape index (κ3) is 5.20. The first-order valence-corrected chi connectivity index (χ1v) is 22.1. The van der Waals surface area contributed by atoms with Crippen LogP contribution in [0.15, 0.2) is 131 Å². The van der Waals surface area contributed by atoms with Gasteiger partial charge in [0.15, 0.2) is 0 Å². The van der Waals surface area contributed by atoms with Gasteiger partial charge >= 0.3 is 0 Å². The Morgan fingerprint density at radius 3 is 2.57 bits per heavy atom. The molecular formula is C51H60N2. The van der Waals surface area contributed by atoms with Gasteiger partial charge in [-0.05, 0) is 147 Å². The van der Waals surface area contributed by atoms with E-state index in [4.69, 9.17) is 0 Å². The summed E-state index contributed by atoms with van der Waals surface area (Å²) in [6, 6.07) is 12.0. The third-order valence-corrected chi connectivity index (χ3v) is 16.3. The number of allylic oxidation sites excluding steroid dienone is 13. The maximum atomic E-state index is 4.02. The lowest BCUT2D eigenvalue weighted by atomic mass is 9.57. The van der Waals surface area contributed by atoms with E-state index >= 15 is 0 Å². The van der Waals surface area contributed by atoms with E-state index in [1.807, 2.05) is 5.57 Å². The maximum Gasteiger partial charge on any atom is 0.0447 e. The van der Waals surface area contributed by atoms with Gasteiger partial charge in [0.2, 0.25) is 0 Å². The van der Waals surface area contributed by atoms with Crippen LogP contribution in [0.25, 0.3) is 0 Å². The largest absolute Gasteiger partial charge is 0.379 e. The van der Waals surface area contributed by atoms with Gasteiger partial charge in [-0.2, -0.15) is 0 Å². The van der Waals surface area contributed by atoms with Crippen molar-refractivity contribution in [3.8, 4) is 0 Å². The summed E-state index contributed by atoms with van der Waals surface area (Å²) >= 11 is 0. The summed E-state index contributed by atoms with van der Waals surface area (Å²) in [6.45, 7) is 0. The van der Waals surface area contributed by atoms with E-state index in [0.29, 0.717) is 59.7 Å². The number of benzene rings is 1. The van der Waals surface area contributed by atoms with Crippen LogP contribution in [0.3, 0.4) is 0 Å². The predicted molar refractivity (Wildman–Crippen MR) is 219 cm³/mol. The van der Waals surface area contributed by atoms with Gasteiger partial charge in [0, 0.05) is 41.2 Å². The predicted octanol–water partition coefficient (Wildman–Crippen LogP) is 11.6. The molecule has 0 aliphatic heterocycles. The minimum atomic E-state index is 0.107. The zero-order valence-corrected chi connectivity index (χ0v) is 31.8. The molecule has 274 valence electrons. The highest BCUT2D eigenvalue weighted by molar-refractivity contribution is 5.54. The first kappa shape index (κ1) is 33.0. The fraction of sp³-hybridized carbons (Fsp3) is 0.529. The van der Waals surface area contributed by atoms with Crippen LogP contribution in [-0.4, -0.2) is 29.1 Å². The molecule has 1 spiro atoms. The van der Waals surface area contributed by atoms with Crippen molar-refractivity contribution in [1.29, 1.82) is 0 Å². The minimum Gasteiger partial charge on any atom is -0.379 e. The molecule has 2 heteroatoms. The van der Waals surface area contributed by atoms with Crippen molar-refractivity contribution < 1.29 is 0 Å². The summed E-state index contributed by atoms with van der Waals surface area (Å²) in [4.78, 5) is 3.21. The second-order valence-electron chi connectivity index (χ2n) is 18.5. The molecule has 1 aromatic rings. The lowest BCUT2D eigenvalue weighted by Gasteiger charge is -2.51. The van der Waals surface area contributed by atoms with E-state index in [0.717, 1.165) is 6.42 Å². The monoisotopic (exact) mass is 700 g/mol. The molecule has 10 atom stereocenters. The first-order chi connectivity index (χ1) is 26.3. The third-order valence-electron chi connectivity index (χ3n) is 16.3. The fourth-order valence-corrected chi connectivity index (χ4v) is 14.4. The Balaban J connectivity index is 1.000. The number of nitrogens with zero attached hydrogens (tertiary/aromatic N) is 1. The average molecular weight is 701 g/mol. The molecule has 10 aliphatic carbocycles. The molecule has 2 fully saturated rings. The highest BCUT2D eigenvalue weighted by Crippen LogP contribution is 2.71. The van der Waals surface area contributed by atoms with Crippen LogP contribution in [-0.2, 0) is 5.41 Å². The first-order valence-electron chi connectivity index (χ1n) is 22.1. The molecule has 10 unspecified atom stereocenters. The molecule has 1 aromatic carbocycles. The van der Waals surface area contributed by atoms with E-state index in [2.05, 4.69) is 113 Å². The molecule has 0 saturated heterocycles. The Hall–Kier alpha value is -3.36. The van der Waals surface area contributed by atoms with Gasteiger partial charge in [0.1, 0.15) is 0 Å². The lowest BCUT2D eigenvalue weighted by Crippen LogP contribution is -2.56. The van der Waals surface area contributed by atoms with Crippen molar-refractivity contribution in [3.05, 3.63) is 142 Å². The number of nitrogens with one attached hydrogen (secondary N) is 1. The van der Waals surface area contributed by atoms with E-state index in [9.17, 15) is 0 Å². The zero-order valence-electron chi connectivity index (χ0n) is 31.8. The van der Waals surface area contributed by atoms with E-state index in [1.54, 1.807) is 27.8 Å². The van der Waals surface area contributed by atoms with E-state index < -0.39 is 0 Å². The van der Waals surface area contributed by atoms with Crippen molar-refractivity contribution in [2.75, 3.05) is 0 Å². The summed E-state index contributed by atoms with van der Waals surface area (Å²) in [6.07, 6.45) is 54.4. The normalized spacial score (nSPS) is 39.5. The summed E-state index contributed by atoms with van der Waals surface area (Å²) in [7, 11) is 0. The molecule has 0 aromatic heterocycles. The highest BCUT2D eigenvalue weighted by Gasteiger charge is 2.68. The molecule has 1 N–H and O–H groups in total. The van der Waals surface area contributed by atoms with Gasteiger partial charge in [0.05, 0.1) is 0 Å². The van der Waals surface area contributed by atoms with Gasteiger partial charge in [-0.1, -0.05) is 122 Å². The molecule has 53 heavy (non-hydrogen) atoms. The standard InChI is InChI=1S/C51H60N2/c1-3-15-36(16-4-1)52-37-29-31-42-41-20-9-11-22-45(41)51(48(42)32-37)46-23-12-10-21-43(46)50-47(51)24-13-25-49(50)53(38-17-5-2-6-18-38)39-30-28-35-27-26-34-14-7-8-19-40(34)44(35)33-39/h3,9-13,15-16,20-24,28-31,37-39,42-43,46-50,52H,1-2,4-8,14,17-19,25-27,32-33H2. The van der Waals surface area contributed by atoms with Gasteiger partial charge in [-0.15, -0.1) is 0 Å². The van der Waals surface area contributed by atoms with Crippen LogP contribution < -0.4 is 5.32 Å². The number of hydrogen-bond acceptors (Lipinski definition) is 2. The molecule has 0 radical (unpaired) electrons.